The van der Waals surface area contributed by atoms with Gasteiger partial charge >= 0.3 is 0 Å². The monoisotopic (exact) mass is 287 g/mol. The maximum atomic E-state index is 12.0. The highest BCUT2D eigenvalue weighted by Gasteiger charge is 2.32. The summed E-state index contributed by atoms with van der Waals surface area (Å²) in [6, 6.07) is 7.53. The molecular weight excluding hydrogens is 266 g/mol. The van der Waals surface area contributed by atoms with Crippen molar-refractivity contribution in [2.24, 2.45) is 5.41 Å². The summed E-state index contributed by atoms with van der Waals surface area (Å²) in [5.74, 6) is 1.33. The average Bonchev–Trinajstić information content (AvgIpc) is 2.36. The molecule has 2 rings (SSSR count). The van der Waals surface area contributed by atoms with Gasteiger partial charge in [0.15, 0.2) is 5.78 Å². The molecule has 0 spiro atoms. The van der Waals surface area contributed by atoms with Crippen LogP contribution in [0.4, 0.5) is 0 Å². The van der Waals surface area contributed by atoms with Gasteiger partial charge in [-0.2, -0.15) is 5.26 Å². The lowest BCUT2D eigenvalue weighted by molar-refractivity contribution is 0.0618. The van der Waals surface area contributed by atoms with Gasteiger partial charge in [-0.25, -0.2) is 0 Å². The lowest BCUT2D eigenvalue weighted by atomic mass is 9.92. The number of nitrogens with zero attached hydrogens (tertiary/aromatic N) is 1. The minimum atomic E-state index is -0.481. The van der Waals surface area contributed by atoms with E-state index in [0.717, 1.165) is 0 Å². The van der Waals surface area contributed by atoms with Crippen molar-refractivity contribution in [3.05, 3.63) is 23.8 Å². The van der Waals surface area contributed by atoms with Crippen molar-refractivity contribution in [2.75, 3.05) is 6.61 Å². The van der Waals surface area contributed by atoms with Crippen molar-refractivity contribution >= 4 is 5.78 Å². The summed E-state index contributed by atoms with van der Waals surface area (Å²) in [6.45, 7) is 8.02. The molecule has 0 radical (unpaired) electrons. The normalized spacial score (nSPS) is 16.6. The summed E-state index contributed by atoms with van der Waals surface area (Å²) in [6.07, 6.45) is 1.03. The van der Waals surface area contributed by atoms with E-state index >= 15 is 0 Å². The number of carbonyl (C=O) groups is 1. The van der Waals surface area contributed by atoms with Crippen molar-refractivity contribution in [1.82, 2.24) is 0 Å². The third-order valence-electron chi connectivity index (χ3n) is 3.52. The molecule has 0 fully saturated rings. The second-order valence-electron chi connectivity index (χ2n) is 6.71. The summed E-state index contributed by atoms with van der Waals surface area (Å²) in [7, 11) is 0. The van der Waals surface area contributed by atoms with E-state index in [1.165, 1.54) is 0 Å². The predicted octanol–water partition coefficient (Wildman–Crippen LogP) is 3.75. The fourth-order valence-electron chi connectivity index (χ4n) is 2.20. The van der Waals surface area contributed by atoms with Gasteiger partial charge in [-0.3, -0.25) is 4.79 Å². The number of carbonyl (C=O) groups excluding carboxylic acids is 1. The van der Waals surface area contributed by atoms with Crippen molar-refractivity contribution in [1.29, 1.82) is 5.26 Å². The van der Waals surface area contributed by atoms with E-state index < -0.39 is 11.0 Å². The number of hydrogen-bond acceptors (Lipinski definition) is 4. The van der Waals surface area contributed by atoms with Crippen LogP contribution in [0, 0.1) is 16.7 Å². The maximum Gasteiger partial charge on any atom is 0.170 e. The number of fused-ring (bicyclic) bond motifs is 1. The molecule has 21 heavy (non-hydrogen) atoms. The minimum Gasteiger partial charge on any atom is -0.493 e. The van der Waals surface area contributed by atoms with Crippen LogP contribution in [-0.2, 0) is 0 Å². The standard InChI is InChI=1S/C17H21NO3/c1-16(2,11-18)7-8-20-12-5-6-13-14(19)10-17(3,4)21-15(13)9-12/h5-6,9H,7-8,10H2,1-4H3. The van der Waals surface area contributed by atoms with Gasteiger partial charge in [0.25, 0.3) is 0 Å². The van der Waals surface area contributed by atoms with E-state index in [4.69, 9.17) is 14.7 Å². The van der Waals surface area contributed by atoms with Gasteiger partial charge in [-0.05, 0) is 46.2 Å². The van der Waals surface area contributed by atoms with Crippen LogP contribution in [0.15, 0.2) is 18.2 Å². The molecule has 0 aromatic heterocycles. The van der Waals surface area contributed by atoms with Crippen LogP contribution < -0.4 is 9.47 Å². The SMILES string of the molecule is CC(C)(C#N)CCOc1ccc2c(c1)OC(C)(C)CC2=O. The van der Waals surface area contributed by atoms with E-state index in [-0.39, 0.29) is 5.78 Å². The molecule has 4 heteroatoms. The lowest BCUT2D eigenvalue weighted by Crippen LogP contribution is -2.35. The Morgan fingerprint density at radius 1 is 1.43 bits per heavy atom. The molecule has 0 aliphatic carbocycles. The summed E-state index contributed by atoms with van der Waals surface area (Å²) in [5, 5.41) is 8.97. The Morgan fingerprint density at radius 3 is 2.81 bits per heavy atom. The molecule has 0 saturated carbocycles. The molecule has 0 saturated heterocycles. The zero-order chi connectivity index (χ0) is 15.7. The largest absolute Gasteiger partial charge is 0.493 e. The highest BCUT2D eigenvalue weighted by Crippen LogP contribution is 2.35. The molecule has 1 aromatic rings. The predicted molar refractivity (Wildman–Crippen MR) is 79.6 cm³/mol. The van der Waals surface area contributed by atoms with Crippen molar-refractivity contribution < 1.29 is 14.3 Å². The summed E-state index contributed by atoms with van der Waals surface area (Å²) < 4.78 is 11.5. The molecule has 1 aromatic carbocycles. The minimum absolute atomic E-state index is 0.0958. The quantitative estimate of drug-likeness (QED) is 0.846. The molecule has 1 heterocycles. The Labute approximate surface area is 125 Å². The zero-order valence-corrected chi connectivity index (χ0v) is 13.0. The fourth-order valence-corrected chi connectivity index (χ4v) is 2.20. The Kier molecular flexibility index (Phi) is 3.95. The smallest absolute Gasteiger partial charge is 0.170 e. The van der Waals surface area contributed by atoms with Gasteiger partial charge in [-0.1, -0.05) is 0 Å². The van der Waals surface area contributed by atoms with Gasteiger partial charge in [0, 0.05) is 6.07 Å². The van der Waals surface area contributed by atoms with Crippen molar-refractivity contribution in [2.45, 2.75) is 46.1 Å². The molecule has 0 N–H and O–H groups in total. The lowest BCUT2D eigenvalue weighted by Gasteiger charge is -2.31. The molecule has 0 unspecified atom stereocenters. The highest BCUT2D eigenvalue weighted by atomic mass is 16.5. The molecule has 112 valence electrons. The number of hydrogen-bond donors (Lipinski definition) is 0. The zero-order valence-electron chi connectivity index (χ0n) is 13.0. The first-order valence-corrected chi connectivity index (χ1v) is 7.13. The van der Waals surface area contributed by atoms with E-state index in [9.17, 15) is 4.79 Å². The number of ketones is 1. The first-order valence-electron chi connectivity index (χ1n) is 7.13. The number of ether oxygens (including phenoxy) is 2. The van der Waals surface area contributed by atoms with Crippen molar-refractivity contribution in [3.63, 3.8) is 0 Å². The Morgan fingerprint density at radius 2 is 2.14 bits per heavy atom. The topological polar surface area (TPSA) is 59.3 Å². The van der Waals surface area contributed by atoms with E-state index in [1.807, 2.05) is 27.7 Å². The fraction of sp³-hybridized carbons (Fsp3) is 0.529. The molecular formula is C17H21NO3. The third kappa shape index (κ3) is 3.75. The Hall–Kier alpha value is -2.02. The van der Waals surface area contributed by atoms with Gasteiger partial charge in [0.2, 0.25) is 0 Å². The summed E-state index contributed by atoms with van der Waals surface area (Å²) in [5.41, 5.74) is -0.271. The number of Topliss-reactive ketones (excluding diaryl/α,β-unsaturated/α-hetero) is 1. The number of nitriles is 1. The maximum absolute atomic E-state index is 12.0. The van der Waals surface area contributed by atoms with Gasteiger partial charge in [0.1, 0.15) is 17.1 Å². The number of benzene rings is 1. The molecule has 1 aliphatic rings. The highest BCUT2D eigenvalue weighted by molar-refractivity contribution is 6.00. The third-order valence-corrected chi connectivity index (χ3v) is 3.52. The summed E-state index contributed by atoms with van der Waals surface area (Å²) >= 11 is 0. The van der Waals surface area contributed by atoms with Gasteiger partial charge in [0.05, 0.1) is 30.1 Å². The van der Waals surface area contributed by atoms with Gasteiger partial charge in [-0.15, -0.1) is 0 Å². The molecule has 1 aliphatic heterocycles. The van der Waals surface area contributed by atoms with Crippen LogP contribution in [0.25, 0.3) is 0 Å². The van der Waals surface area contributed by atoms with E-state index in [2.05, 4.69) is 6.07 Å². The molecule has 4 nitrogen and oxygen atoms in total. The van der Waals surface area contributed by atoms with E-state index in [1.54, 1.807) is 18.2 Å². The van der Waals surface area contributed by atoms with Crippen molar-refractivity contribution in [3.8, 4) is 17.6 Å². The second kappa shape index (κ2) is 5.40. The summed E-state index contributed by atoms with van der Waals surface area (Å²) in [4.78, 5) is 12.0. The average molecular weight is 287 g/mol. The van der Waals surface area contributed by atoms with Crippen LogP contribution in [0.3, 0.4) is 0 Å². The van der Waals surface area contributed by atoms with Gasteiger partial charge < -0.3 is 9.47 Å². The molecule has 0 atom stereocenters. The first-order chi connectivity index (χ1) is 9.72. The van der Waals surface area contributed by atoms with Crippen LogP contribution in [0.2, 0.25) is 0 Å². The Balaban J connectivity index is 2.08. The Bertz CT molecular complexity index is 597. The first kappa shape index (κ1) is 15.4. The van der Waals surface area contributed by atoms with Crippen LogP contribution in [-0.4, -0.2) is 18.0 Å². The molecule has 0 amide bonds. The molecule has 0 bridgehead atoms. The van der Waals surface area contributed by atoms with Crippen LogP contribution in [0.5, 0.6) is 11.5 Å². The van der Waals surface area contributed by atoms with E-state index in [0.29, 0.717) is 36.5 Å². The van der Waals surface area contributed by atoms with Crippen LogP contribution in [0.1, 0.15) is 50.9 Å². The number of rotatable bonds is 4. The second-order valence-corrected chi connectivity index (χ2v) is 6.71. The van der Waals surface area contributed by atoms with Crippen LogP contribution >= 0.6 is 0 Å².